The first-order valence-electron chi connectivity index (χ1n) is 10.6. The standard InChI is InChI=1S/C24H26N6O2/c1-16(31)27-19-8-6-18(7-9-19)23(32)30-14-4-5-21(30)22-20(17-10-12-25-13-11-17)15-26-24(28-22)29(2)3/h6-13,15,21H,4-5,14H2,1-3H3,(H,27,31)/t21-/m0/s1. The summed E-state index contributed by atoms with van der Waals surface area (Å²) in [5.41, 5.74) is 3.97. The molecule has 0 saturated carbocycles. The molecule has 0 unspecified atom stereocenters. The lowest BCUT2D eigenvalue weighted by molar-refractivity contribution is -0.114. The summed E-state index contributed by atoms with van der Waals surface area (Å²) in [7, 11) is 3.80. The minimum atomic E-state index is -0.151. The number of nitrogens with one attached hydrogen (secondary N) is 1. The van der Waals surface area contributed by atoms with Crippen molar-refractivity contribution in [3.8, 4) is 11.1 Å². The van der Waals surface area contributed by atoms with Crippen molar-refractivity contribution in [2.24, 2.45) is 0 Å². The lowest BCUT2D eigenvalue weighted by atomic mass is 10.00. The molecule has 2 aromatic heterocycles. The maximum Gasteiger partial charge on any atom is 0.254 e. The highest BCUT2D eigenvalue weighted by Crippen LogP contribution is 2.37. The number of pyridine rings is 1. The van der Waals surface area contributed by atoms with Crippen molar-refractivity contribution in [1.82, 2.24) is 19.9 Å². The van der Waals surface area contributed by atoms with E-state index >= 15 is 0 Å². The Balaban J connectivity index is 1.69. The molecule has 0 bridgehead atoms. The quantitative estimate of drug-likeness (QED) is 0.666. The van der Waals surface area contributed by atoms with Gasteiger partial charge in [-0.1, -0.05) is 0 Å². The number of rotatable bonds is 5. The minimum absolute atomic E-state index is 0.0485. The molecule has 8 nitrogen and oxygen atoms in total. The van der Waals surface area contributed by atoms with E-state index in [4.69, 9.17) is 4.98 Å². The third kappa shape index (κ3) is 4.44. The van der Waals surface area contributed by atoms with Crippen LogP contribution in [-0.4, -0.2) is 52.3 Å². The van der Waals surface area contributed by atoms with Gasteiger partial charge in [0.1, 0.15) is 0 Å². The summed E-state index contributed by atoms with van der Waals surface area (Å²) in [6.45, 7) is 2.12. The molecular formula is C24H26N6O2. The summed E-state index contributed by atoms with van der Waals surface area (Å²) in [6, 6.07) is 10.7. The van der Waals surface area contributed by atoms with E-state index in [0.717, 1.165) is 29.7 Å². The number of hydrogen-bond acceptors (Lipinski definition) is 6. The summed E-state index contributed by atoms with van der Waals surface area (Å²) >= 11 is 0. The lowest BCUT2D eigenvalue weighted by Crippen LogP contribution is -2.31. The first-order chi connectivity index (χ1) is 15.4. The van der Waals surface area contributed by atoms with Crippen LogP contribution in [0, 0.1) is 0 Å². The molecule has 2 amide bonds. The smallest absolute Gasteiger partial charge is 0.254 e. The molecule has 0 radical (unpaired) electrons. The number of hydrogen-bond donors (Lipinski definition) is 1. The highest BCUT2D eigenvalue weighted by atomic mass is 16.2. The van der Waals surface area contributed by atoms with E-state index in [1.54, 1.807) is 36.7 Å². The molecule has 32 heavy (non-hydrogen) atoms. The molecule has 1 aliphatic rings. The molecule has 3 heterocycles. The number of amides is 2. The Kier molecular flexibility index (Phi) is 6.11. The van der Waals surface area contributed by atoms with Crippen molar-refractivity contribution in [3.05, 3.63) is 66.2 Å². The van der Waals surface area contributed by atoms with Crippen LogP contribution in [0.25, 0.3) is 11.1 Å². The third-order valence-electron chi connectivity index (χ3n) is 5.48. The van der Waals surface area contributed by atoms with Gasteiger partial charge in [-0.15, -0.1) is 0 Å². The summed E-state index contributed by atoms with van der Waals surface area (Å²) < 4.78 is 0. The van der Waals surface area contributed by atoms with Gasteiger partial charge in [0.2, 0.25) is 11.9 Å². The van der Waals surface area contributed by atoms with Gasteiger partial charge in [0, 0.05) is 63.0 Å². The van der Waals surface area contributed by atoms with Crippen LogP contribution >= 0.6 is 0 Å². The molecule has 1 fully saturated rings. The van der Waals surface area contributed by atoms with Crippen molar-refractivity contribution in [3.63, 3.8) is 0 Å². The fourth-order valence-corrected chi connectivity index (χ4v) is 3.97. The van der Waals surface area contributed by atoms with Gasteiger partial charge >= 0.3 is 0 Å². The minimum Gasteiger partial charge on any atom is -0.347 e. The molecule has 1 saturated heterocycles. The normalized spacial score (nSPS) is 15.5. The maximum atomic E-state index is 13.4. The van der Waals surface area contributed by atoms with Gasteiger partial charge in [-0.25, -0.2) is 9.97 Å². The van der Waals surface area contributed by atoms with Crippen LogP contribution in [0.5, 0.6) is 0 Å². The average molecular weight is 431 g/mol. The highest BCUT2D eigenvalue weighted by molar-refractivity contribution is 5.96. The Morgan fingerprint density at radius 1 is 1.09 bits per heavy atom. The number of aromatic nitrogens is 3. The van der Waals surface area contributed by atoms with E-state index in [-0.39, 0.29) is 17.9 Å². The number of carbonyl (C=O) groups is 2. The number of carbonyl (C=O) groups excluding carboxylic acids is 2. The number of anilines is 2. The molecule has 0 spiro atoms. The van der Waals surface area contributed by atoms with E-state index in [1.165, 1.54) is 6.92 Å². The Bertz CT molecular complexity index is 1120. The second kappa shape index (κ2) is 9.13. The zero-order valence-electron chi connectivity index (χ0n) is 18.4. The molecule has 1 N–H and O–H groups in total. The average Bonchev–Trinajstić information content (AvgIpc) is 3.28. The Hall–Kier alpha value is -3.81. The molecule has 1 aromatic carbocycles. The van der Waals surface area contributed by atoms with Gasteiger partial charge in [0.15, 0.2) is 0 Å². The first kappa shape index (κ1) is 21.4. The zero-order valence-corrected chi connectivity index (χ0v) is 18.4. The fourth-order valence-electron chi connectivity index (χ4n) is 3.97. The van der Waals surface area contributed by atoms with Crippen LogP contribution in [-0.2, 0) is 4.79 Å². The largest absolute Gasteiger partial charge is 0.347 e. The molecule has 0 aliphatic carbocycles. The molecule has 3 aromatic rings. The van der Waals surface area contributed by atoms with Crippen molar-refractivity contribution in [2.45, 2.75) is 25.8 Å². The van der Waals surface area contributed by atoms with E-state index in [2.05, 4.69) is 15.3 Å². The van der Waals surface area contributed by atoms with Crippen LogP contribution in [0.4, 0.5) is 11.6 Å². The Morgan fingerprint density at radius 3 is 2.47 bits per heavy atom. The second-order valence-corrected chi connectivity index (χ2v) is 8.01. The molecular weight excluding hydrogens is 404 g/mol. The van der Waals surface area contributed by atoms with Crippen LogP contribution in [0.3, 0.4) is 0 Å². The SMILES string of the molecule is CC(=O)Nc1ccc(C(=O)N2CCC[C@H]2c2nc(N(C)C)ncc2-c2ccncc2)cc1. The predicted octanol–water partition coefficient (Wildman–Crippen LogP) is 3.54. The number of likely N-dealkylation sites (tertiary alicyclic amines) is 1. The Labute approximate surface area is 187 Å². The van der Waals surface area contributed by atoms with Crippen molar-refractivity contribution >= 4 is 23.5 Å². The number of nitrogens with zero attached hydrogens (tertiary/aromatic N) is 5. The van der Waals surface area contributed by atoms with Gasteiger partial charge in [-0.3, -0.25) is 14.6 Å². The second-order valence-electron chi connectivity index (χ2n) is 8.01. The lowest BCUT2D eigenvalue weighted by Gasteiger charge is -2.27. The van der Waals surface area contributed by atoms with Gasteiger partial charge < -0.3 is 15.1 Å². The topological polar surface area (TPSA) is 91.3 Å². The first-order valence-corrected chi connectivity index (χ1v) is 10.6. The molecule has 164 valence electrons. The fraction of sp³-hybridized carbons (Fsp3) is 0.292. The number of benzene rings is 1. The van der Waals surface area contributed by atoms with E-state index < -0.39 is 0 Å². The van der Waals surface area contributed by atoms with Crippen LogP contribution in [0.15, 0.2) is 55.0 Å². The summed E-state index contributed by atoms with van der Waals surface area (Å²) in [4.78, 5) is 41.9. The summed E-state index contributed by atoms with van der Waals surface area (Å²) in [5.74, 6) is 0.414. The molecule has 1 atom stereocenters. The van der Waals surface area contributed by atoms with Crippen LogP contribution in [0.2, 0.25) is 0 Å². The van der Waals surface area contributed by atoms with E-state index in [1.807, 2.05) is 42.2 Å². The van der Waals surface area contributed by atoms with E-state index in [0.29, 0.717) is 23.7 Å². The Morgan fingerprint density at radius 2 is 1.81 bits per heavy atom. The maximum absolute atomic E-state index is 13.4. The van der Waals surface area contributed by atoms with Gasteiger partial charge in [-0.2, -0.15) is 0 Å². The van der Waals surface area contributed by atoms with Crippen LogP contribution in [0.1, 0.15) is 41.9 Å². The summed E-state index contributed by atoms with van der Waals surface area (Å²) in [6.07, 6.45) is 7.05. The monoisotopic (exact) mass is 430 g/mol. The van der Waals surface area contributed by atoms with Crippen molar-refractivity contribution < 1.29 is 9.59 Å². The molecule has 8 heteroatoms. The predicted molar refractivity (Wildman–Crippen MR) is 123 cm³/mol. The van der Waals surface area contributed by atoms with Gasteiger partial charge in [0.25, 0.3) is 5.91 Å². The summed E-state index contributed by atoms with van der Waals surface area (Å²) in [5, 5.41) is 2.73. The third-order valence-corrected chi connectivity index (χ3v) is 5.48. The van der Waals surface area contributed by atoms with Gasteiger partial charge in [-0.05, 0) is 54.8 Å². The highest BCUT2D eigenvalue weighted by Gasteiger charge is 2.34. The van der Waals surface area contributed by atoms with Crippen molar-refractivity contribution in [1.29, 1.82) is 0 Å². The van der Waals surface area contributed by atoms with Gasteiger partial charge in [0.05, 0.1) is 11.7 Å². The molecule has 1 aliphatic heterocycles. The van der Waals surface area contributed by atoms with E-state index in [9.17, 15) is 9.59 Å². The van der Waals surface area contributed by atoms with Crippen LogP contribution < -0.4 is 10.2 Å². The zero-order chi connectivity index (χ0) is 22.7. The molecule has 4 rings (SSSR count). The van der Waals surface area contributed by atoms with Crippen molar-refractivity contribution in [2.75, 3.05) is 30.9 Å².